The molecule has 0 saturated carbocycles. The molecule has 56 heavy (non-hydrogen) atoms. The molecule has 0 aromatic heterocycles. The number of hydrogen-bond donors (Lipinski definition) is 0. The van der Waals surface area contributed by atoms with Crippen LogP contribution in [0.25, 0.3) is 132 Å². The molecule has 0 fully saturated rings. The molecule has 0 spiro atoms. The number of fused-ring (bicyclic) bond motifs is 11. The quantitative estimate of drug-likeness (QED) is 0.161. The van der Waals surface area contributed by atoms with Crippen LogP contribution in [0.4, 0.5) is 0 Å². The summed E-state index contributed by atoms with van der Waals surface area (Å²) in [4.78, 5) is 0. The molecule has 0 N–H and O–H groups in total. The molecule has 11 aromatic carbocycles. The van der Waals surface area contributed by atoms with Crippen molar-refractivity contribution in [2.24, 2.45) is 0 Å². The van der Waals surface area contributed by atoms with E-state index in [1.807, 2.05) is 0 Å². The maximum absolute atomic E-state index is 2.49. The first-order chi connectivity index (χ1) is 27.8. The third-order valence-corrected chi connectivity index (χ3v) is 12.7. The van der Waals surface area contributed by atoms with Gasteiger partial charge in [0.2, 0.25) is 0 Å². The van der Waals surface area contributed by atoms with Gasteiger partial charge in [0, 0.05) is 0 Å². The summed E-state index contributed by atoms with van der Waals surface area (Å²) in [6.45, 7) is 0. The van der Waals surface area contributed by atoms with Crippen LogP contribution in [0.3, 0.4) is 0 Å². The molecule has 0 radical (unpaired) electrons. The Kier molecular flexibility index (Phi) is 5.98. The zero-order valence-electron chi connectivity index (χ0n) is 30.5. The van der Waals surface area contributed by atoms with Crippen molar-refractivity contribution in [1.29, 1.82) is 0 Å². The maximum atomic E-state index is 2.49. The average Bonchev–Trinajstić information content (AvgIpc) is 3.77. The fourth-order valence-electron chi connectivity index (χ4n) is 10.5. The zero-order chi connectivity index (χ0) is 36.5. The smallest absolute Gasteiger partial charge is 0.000741 e. The molecule has 0 amide bonds. The highest BCUT2D eigenvalue weighted by Crippen LogP contribution is 2.59. The average molecular weight is 705 g/mol. The fraction of sp³-hybridized carbons (Fsp3) is 0. The summed E-state index contributed by atoms with van der Waals surface area (Å²) in [7, 11) is 0. The van der Waals surface area contributed by atoms with Crippen LogP contribution in [0.15, 0.2) is 194 Å². The van der Waals surface area contributed by atoms with Gasteiger partial charge >= 0.3 is 0 Å². The third-order valence-electron chi connectivity index (χ3n) is 12.7. The van der Waals surface area contributed by atoms with Gasteiger partial charge in [0.05, 0.1) is 0 Å². The molecule has 2 aliphatic carbocycles. The van der Waals surface area contributed by atoms with E-state index < -0.39 is 0 Å². The van der Waals surface area contributed by atoms with Crippen LogP contribution in [0, 0.1) is 0 Å². The SMILES string of the molecule is c1ccc(-c2c3c(c(-c4ccccc4)c4ccccc24)-c2ccc(-c4cc5c6cccc7c6c(cc5c5ccccc45)-c4ccccc4-7)c4cccc-3c24)cc1. The summed E-state index contributed by atoms with van der Waals surface area (Å²) < 4.78 is 0. The Morgan fingerprint density at radius 3 is 1.29 bits per heavy atom. The largest absolute Gasteiger partial charge is 0.0622 e. The summed E-state index contributed by atoms with van der Waals surface area (Å²) >= 11 is 0. The topological polar surface area (TPSA) is 0 Å². The van der Waals surface area contributed by atoms with Gasteiger partial charge in [-0.1, -0.05) is 182 Å². The monoisotopic (exact) mass is 704 g/mol. The molecule has 11 aromatic rings. The van der Waals surface area contributed by atoms with E-state index in [-0.39, 0.29) is 0 Å². The Morgan fingerprint density at radius 2 is 0.607 bits per heavy atom. The van der Waals surface area contributed by atoms with Gasteiger partial charge in [0.15, 0.2) is 0 Å². The van der Waals surface area contributed by atoms with Gasteiger partial charge in [-0.3, -0.25) is 0 Å². The maximum Gasteiger partial charge on any atom is -0.000741 e. The van der Waals surface area contributed by atoms with Crippen LogP contribution in [0.2, 0.25) is 0 Å². The molecule has 0 unspecified atom stereocenters. The second kappa shape index (κ2) is 11.1. The van der Waals surface area contributed by atoms with Crippen molar-refractivity contribution in [2.75, 3.05) is 0 Å². The number of benzene rings is 11. The third kappa shape index (κ3) is 3.88. The van der Waals surface area contributed by atoms with Gasteiger partial charge < -0.3 is 0 Å². The molecule has 256 valence electrons. The molecule has 0 bridgehead atoms. The number of hydrogen-bond acceptors (Lipinski definition) is 0. The van der Waals surface area contributed by atoms with E-state index in [1.165, 1.54) is 132 Å². The molecular formula is C56H32. The van der Waals surface area contributed by atoms with Gasteiger partial charge in [-0.05, 0) is 144 Å². The van der Waals surface area contributed by atoms with Crippen molar-refractivity contribution in [2.45, 2.75) is 0 Å². The molecule has 0 atom stereocenters. The predicted octanol–water partition coefficient (Wildman–Crippen LogP) is 15.7. The Morgan fingerprint density at radius 1 is 0.179 bits per heavy atom. The Balaban J connectivity index is 1.15. The van der Waals surface area contributed by atoms with E-state index in [9.17, 15) is 0 Å². The zero-order valence-corrected chi connectivity index (χ0v) is 30.5. The first-order valence-electron chi connectivity index (χ1n) is 19.6. The standard InChI is InChI=1S/C56H32/c1-3-15-33(16-4-1)51-42-23-11-12-24-43(42)52(34-17-5-2-6-18-34)56-46-30-29-39(41-26-14-28-45(54(41)46)55(51)56)47-31-49-44-27-13-25-40-35-19-7-10-22-38(35)50(53(40)44)32-48(49)37-21-9-8-20-36(37)47/h1-32H. The van der Waals surface area contributed by atoms with E-state index in [2.05, 4.69) is 194 Å². The lowest BCUT2D eigenvalue weighted by Gasteiger charge is -2.20. The van der Waals surface area contributed by atoms with Crippen LogP contribution in [0.1, 0.15) is 0 Å². The van der Waals surface area contributed by atoms with E-state index in [4.69, 9.17) is 0 Å². The normalized spacial score (nSPS) is 12.3. The van der Waals surface area contributed by atoms with Gasteiger partial charge in [-0.15, -0.1) is 0 Å². The van der Waals surface area contributed by atoms with Gasteiger partial charge in [0.1, 0.15) is 0 Å². The molecule has 0 heteroatoms. The molecule has 0 nitrogen and oxygen atoms in total. The van der Waals surface area contributed by atoms with Crippen LogP contribution in [0.5, 0.6) is 0 Å². The summed E-state index contributed by atoms with van der Waals surface area (Å²) in [6, 6.07) is 72.6. The van der Waals surface area contributed by atoms with Crippen LogP contribution >= 0.6 is 0 Å². The highest BCUT2D eigenvalue weighted by molar-refractivity contribution is 6.32. The minimum absolute atomic E-state index is 1.25. The van der Waals surface area contributed by atoms with Crippen LogP contribution in [-0.4, -0.2) is 0 Å². The van der Waals surface area contributed by atoms with Crippen molar-refractivity contribution >= 4 is 53.9 Å². The van der Waals surface area contributed by atoms with Crippen molar-refractivity contribution in [3.63, 3.8) is 0 Å². The summed E-state index contributed by atoms with van der Waals surface area (Å²) in [5.41, 5.74) is 18.3. The van der Waals surface area contributed by atoms with Crippen molar-refractivity contribution in [3.05, 3.63) is 194 Å². The molecule has 2 aliphatic rings. The van der Waals surface area contributed by atoms with Crippen molar-refractivity contribution in [1.82, 2.24) is 0 Å². The molecule has 0 saturated heterocycles. The molecule has 0 heterocycles. The molecule has 13 rings (SSSR count). The molecular weight excluding hydrogens is 673 g/mol. The Bertz CT molecular complexity index is 3410. The van der Waals surface area contributed by atoms with Crippen LogP contribution < -0.4 is 0 Å². The lowest BCUT2D eigenvalue weighted by Crippen LogP contribution is -1.93. The summed E-state index contributed by atoms with van der Waals surface area (Å²) in [5.74, 6) is 0. The van der Waals surface area contributed by atoms with Gasteiger partial charge in [-0.25, -0.2) is 0 Å². The first kappa shape index (κ1) is 30.1. The predicted molar refractivity (Wildman–Crippen MR) is 239 cm³/mol. The van der Waals surface area contributed by atoms with Gasteiger partial charge in [-0.2, -0.15) is 0 Å². The lowest BCUT2D eigenvalue weighted by atomic mass is 9.82. The van der Waals surface area contributed by atoms with E-state index in [0.717, 1.165) is 0 Å². The lowest BCUT2D eigenvalue weighted by molar-refractivity contribution is 1.62. The minimum Gasteiger partial charge on any atom is -0.0622 e. The number of rotatable bonds is 3. The second-order valence-electron chi connectivity index (χ2n) is 15.4. The Hall–Kier alpha value is -7.28. The van der Waals surface area contributed by atoms with Gasteiger partial charge in [0.25, 0.3) is 0 Å². The first-order valence-corrected chi connectivity index (χ1v) is 19.6. The van der Waals surface area contributed by atoms with E-state index in [1.54, 1.807) is 0 Å². The van der Waals surface area contributed by atoms with Crippen molar-refractivity contribution < 1.29 is 0 Å². The summed E-state index contributed by atoms with van der Waals surface area (Å²) in [6.07, 6.45) is 0. The highest BCUT2D eigenvalue weighted by Gasteiger charge is 2.31. The van der Waals surface area contributed by atoms with Crippen molar-refractivity contribution in [3.8, 4) is 77.9 Å². The Labute approximate surface area is 324 Å². The molecule has 0 aliphatic heterocycles. The minimum atomic E-state index is 1.25. The summed E-state index contributed by atoms with van der Waals surface area (Å²) in [5, 5.41) is 13.1. The fourth-order valence-corrected chi connectivity index (χ4v) is 10.5. The van der Waals surface area contributed by atoms with E-state index in [0.29, 0.717) is 0 Å². The highest BCUT2D eigenvalue weighted by atomic mass is 14.3. The van der Waals surface area contributed by atoms with Crippen LogP contribution in [-0.2, 0) is 0 Å². The van der Waals surface area contributed by atoms with E-state index >= 15 is 0 Å². The second-order valence-corrected chi connectivity index (χ2v) is 15.4.